The predicted molar refractivity (Wildman–Crippen MR) is 353 cm³/mol. The Morgan fingerprint density at radius 2 is 0.481 bits per heavy atom. The maximum absolute atomic E-state index is 13.0. The molecule has 0 aliphatic rings. The molecule has 0 fully saturated rings. The largest absolute Gasteiger partial charge is 0.462 e. The van der Waals surface area contributed by atoms with Crippen LogP contribution in [0.4, 0.5) is 0 Å². The maximum Gasteiger partial charge on any atom is 0.306 e. The highest BCUT2D eigenvalue weighted by atomic mass is 16.6. The van der Waals surface area contributed by atoms with Gasteiger partial charge in [-0.05, 0) is 109 Å². The molecule has 0 aromatic heterocycles. The van der Waals surface area contributed by atoms with Gasteiger partial charge in [-0.25, -0.2) is 0 Å². The fourth-order valence-electron chi connectivity index (χ4n) is 10.4. The van der Waals surface area contributed by atoms with Crippen LogP contribution in [0.25, 0.3) is 0 Å². The van der Waals surface area contributed by atoms with Crippen molar-refractivity contribution in [2.45, 2.75) is 374 Å². The van der Waals surface area contributed by atoms with E-state index in [1.807, 2.05) is 0 Å². The summed E-state index contributed by atoms with van der Waals surface area (Å²) in [7, 11) is 0. The van der Waals surface area contributed by atoms with Gasteiger partial charge < -0.3 is 14.2 Å². The molecule has 6 heteroatoms. The average Bonchev–Trinajstić information content (AvgIpc) is 3.47. The van der Waals surface area contributed by atoms with Gasteiger partial charge in [-0.2, -0.15) is 0 Å². The molecular weight excluding hydrogens is 997 g/mol. The molecule has 0 N–H and O–H groups in total. The summed E-state index contributed by atoms with van der Waals surface area (Å²) in [6, 6.07) is 0. The van der Waals surface area contributed by atoms with Crippen LogP contribution in [-0.4, -0.2) is 37.2 Å². The van der Waals surface area contributed by atoms with Crippen molar-refractivity contribution in [1.29, 1.82) is 0 Å². The molecule has 0 rings (SSSR count). The van der Waals surface area contributed by atoms with Crippen molar-refractivity contribution in [2.75, 3.05) is 13.2 Å². The van der Waals surface area contributed by atoms with Gasteiger partial charge in [0.25, 0.3) is 0 Å². The van der Waals surface area contributed by atoms with Crippen molar-refractivity contribution in [3.63, 3.8) is 0 Å². The summed E-state index contributed by atoms with van der Waals surface area (Å²) in [5.74, 6) is -0.869. The van der Waals surface area contributed by atoms with Crippen molar-refractivity contribution in [1.82, 2.24) is 0 Å². The van der Waals surface area contributed by atoms with Crippen LogP contribution in [-0.2, 0) is 28.6 Å². The molecule has 0 aromatic carbocycles. The first-order valence-electron chi connectivity index (χ1n) is 35.4. The Bertz CT molecular complexity index is 1490. The maximum atomic E-state index is 13.0. The number of hydrogen-bond acceptors (Lipinski definition) is 6. The number of ether oxygens (including phenoxy) is 3. The Kier molecular flexibility index (Phi) is 66.6. The van der Waals surface area contributed by atoms with Crippen LogP contribution in [0.2, 0.25) is 0 Å². The van der Waals surface area contributed by atoms with Crippen molar-refractivity contribution in [2.24, 2.45) is 0 Å². The van der Waals surface area contributed by atoms with Crippen LogP contribution in [0.3, 0.4) is 0 Å². The van der Waals surface area contributed by atoms with Crippen molar-refractivity contribution in [3.05, 3.63) is 72.9 Å². The molecule has 0 bridgehead atoms. The normalized spacial score (nSPS) is 12.5. The second-order valence-corrected chi connectivity index (χ2v) is 23.8. The van der Waals surface area contributed by atoms with Crippen LogP contribution < -0.4 is 0 Å². The van der Waals surface area contributed by atoms with E-state index in [0.29, 0.717) is 19.3 Å². The van der Waals surface area contributed by atoms with Gasteiger partial charge in [0.05, 0.1) is 0 Å². The first kappa shape index (κ1) is 77.9. The SMILES string of the molecule is CC/C=C\C/C=C\C/C=C\CCCCCCCCCC(=O)OCC(COC(=O)CCCCCCCCCCCCC/C=C\C/C=C\CCCCCCC)OC(=O)CCCCCCCCCCCCC/C=C\CCCCCCCCCC. The fraction of sp³-hybridized carbons (Fsp3) is 0.800. The zero-order valence-electron chi connectivity index (χ0n) is 54.1. The second kappa shape index (κ2) is 69.3. The Balaban J connectivity index is 4.34. The minimum atomic E-state index is -0.783. The van der Waals surface area contributed by atoms with E-state index in [1.165, 1.54) is 238 Å². The molecule has 0 aliphatic carbocycles. The van der Waals surface area contributed by atoms with E-state index in [0.717, 1.165) is 89.9 Å². The Morgan fingerprint density at radius 3 is 0.765 bits per heavy atom. The standard InChI is InChI=1S/C75H134O6/c1-4-7-10-13-16-19-22-25-28-31-33-35-37-39-41-44-47-50-53-56-59-62-65-68-74(77)80-71-72(70-79-73(76)67-64-61-58-55-52-49-46-43-30-27-24-21-18-15-12-9-6-3)81-75(78)69-66-63-60-57-54-51-48-45-42-40-38-36-34-32-29-26-23-20-17-14-11-8-5-2/h9,12,18,21-22,25,27,30-34,72H,4-8,10-11,13-17,19-20,23-24,26,28-29,35-71H2,1-3H3/b12-9-,21-18-,25-22-,30-27-,33-31-,34-32-. The molecule has 0 aliphatic heterocycles. The number of esters is 3. The molecule has 0 saturated heterocycles. The average molecular weight is 1130 g/mol. The van der Waals surface area contributed by atoms with Gasteiger partial charge in [0.2, 0.25) is 0 Å². The highest BCUT2D eigenvalue weighted by Gasteiger charge is 2.19. The van der Waals surface area contributed by atoms with E-state index in [1.54, 1.807) is 0 Å². The molecule has 1 atom stereocenters. The summed E-state index contributed by atoms with van der Waals surface area (Å²) in [4.78, 5) is 38.5. The lowest BCUT2D eigenvalue weighted by Gasteiger charge is -2.18. The Hall–Kier alpha value is -3.15. The monoisotopic (exact) mass is 1130 g/mol. The van der Waals surface area contributed by atoms with Crippen LogP contribution in [0.1, 0.15) is 367 Å². The highest BCUT2D eigenvalue weighted by molar-refractivity contribution is 5.71. The summed E-state index contributed by atoms with van der Waals surface area (Å²) >= 11 is 0. The summed E-state index contributed by atoms with van der Waals surface area (Å²) < 4.78 is 17.0. The predicted octanol–water partition coefficient (Wildman–Crippen LogP) is 24.4. The van der Waals surface area contributed by atoms with Crippen molar-refractivity contribution >= 4 is 17.9 Å². The molecule has 0 amide bonds. The quantitative estimate of drug-likeness (QED) is 0.0261. The molecular formula is C75H134O6. The van der Waals surface area contributed by atoms with Crippen LogP contribution in [0.5, 0.6) is 0 Å². The minimum Gasteiger partial charge on any atom is -0.462 e. The number of carbonyl (C=O) groups excluding carboxylic acids is 3. The fourth-order valence-corrected chi connectivity index (χ4v) is 10.4. The summed E-state index contributed by atoms with van der Waals surface area (Å²) in [6.45, 7) is 6.57. The van der Waals surface area contributed by atoms with E-state index in [2.05, 4.69) is 93.7 Å². The van der Waals surface area contributed by atoms with E-state index in [-0.39, 0.29) is 31.1 Å². The lowest BCUT2D eigenvalue weighted by atomic mass is 10.0. The number of hydrogen-bond donors (Lipinski definition) is 0. The lowest BCUT2D eigenvalue weighted by molar-refractivity contribution is -0.167. The van der Waals surface area contributed by atoms with E-state index in [9.17, 15) is 14.4 Å². The summed E-state index contributed by atoms with van der Waals surface area (Å²) in [5.41, 5.74) is 0. The van der Waals surface area contributed by atoms with Gasteiger partial charge in [-0.15, -0.1) is 0 Å². The molecule has 0 aromatic rings. The Morgan fingerprint density at radius 1 is 0.259 bits per heavy atom. The molecule has 0 spiro atoms. The smallest absolute Gasteiger partial charge is 0.306 e. The molecule has 0 saturated carbocycles. The van der Waals surface area contributed by atoms with Gasteiger partial charge >= 0.3 is 17.9 Å². The minimum absolute atomic E-state index is 0.0776. The molecule has 81 heavy (non-hydrogen) atoms. The highest BCUT2D eigenvalue weighted by Crippen LogP contribution is 2.17. The zero-order chi connectivity index (χ0) is 58.5. The third-order valence-corrected chi connectivity index (χ3v) is 15.7. The molecule has 0 heterocycles. The molecule has 6 nitrogen and oxygen atoms in total. The van der Waals surface area contributed by atoms with Gasteiger partial charge in [0.1, 0.15) is 13.2 Å². The summed E-state index contributed by atoms with van der Waals surface area (Å²) in [6.07, 6.45) is 90.6. The third-order valence-electron chi connectivity index (χ3n) is 15.7. The van der Waals surface area contributed by atoms with Crippen molar-refractivity contribution < 1.29 is 28.6 Å². The van der Waals surface area contributed by atoms with Gasteiger partial charge in [0, 0.05) is 19.3 Å². The first-order valence-corrected chi connectivity index (χ1v) is 35.4. The second-order valence-electron chi connectivity index (χ2n) is 23.8. The van der Waals surface area contributed by atoms with Crippen LogP contribution >= 0.6 is 0 Å². The van der Waals surface area contributed by atoms with E-state index < -0.39 is 6.10 Å². The first-order chi connectivity index (χ1) is 40.0. The zero-order valence-corrected chi connectivity index (χ0v) is 54.1. The number of rotatable bonds is 65. The van der Waals surface area contributed by atoms with Crippen LogP contribution in [0, 0.1) is 0 Å². The molecule has 470 valence electrons. The van der Waals surface area contributed by atoms with Crippen LogP contribution in [0.15, 0.2) is 72.9 Å². The van der Waals surface area contributed by atoms with E-state index >= 15 is 0 Å². The number of unbranched alkanes of at least 4 members (excludes halogenated alkanes) is 42. The van der Waals surface area contributed by atoms with E-state index in [4.69, 9.17) is 14.2 Å². The third kappa shape index (κ3) is 67.5. The van der Waals surface area contributed by atoms with Crippen molar-refractivity contribution in [3.8, 4) is 0 Å². The molecule has 0 radical (unpaired) electrons. The lowest BCUT2D eigenvalue weighted by Crippen LogP contribution is -2.30. The number of carbonyl (C=O) groups is 3. The van der Waals surface area contributed by atoms with Gasteiger partial charge in [0.15, 0.2) is 6.10 Å². The topological polar surface area (TPSA) is 78.9 Å². The number of allylic oxidation sites excluding steroid dienone is 12. The summed E-state index contributed by atoms with van der Waals surface area (Å²) in [5, 5.41) is 0. The van der Waals surface area contributed by atoms with Gasteiger partial charge in [-0.1, -0.05) is 312 Å². The Labute approximate surface area is 503 Å². The molecule has 1 unspecified atom stereocenters. The van der Waals surface area contributed by atoms with Gasteiger partial charge in [-0.3, -0.25) is 14.4 Å².